The van der Waals surface area contributed by atoms with Crippen LogP contribution in [0.2, 0.25) is 0 Å². The molecule has 0 bridgehead atoms. The summed E-state index contributed by atoms with van der Waals surface area (Å²) in [5.41, 5.74) is 20.5. The van der Waals surface area contributed by atoms with Crippen molar-refractivity contribution >= 4 is 100.0 Å². The molecular weight excluding hydrogens is 818 g/mol. The second kappa shape index (κ2) is 16.4. The van der Waals surface area contributed by atoms with Gasteiger partial charge < -0.3 is 14.8 Å². The van der Waals surface area contributed by atoms with Crippen LogP contribution in [0.3, 0.4) is 0 Å². The predicted octanol–water partition coefficient (Wildman–Crippen LogP) is 15.8. The third-order valence-electron chi connectivity index (χ3n) is 14.8. The van der Waals surface area contributed by atoms with E-state index in [9.17, 15) is 0 Å². The van der Waals surface area contributed by atoms with Gasteiger partial charge in [0.25, 0.3) is 0 Å². The van der Waals surface area contributed by atoms with E-state index in [0.717, 1.165) is 31.5 Å². The van der Waals surface area contributed by atoms with Gasteiger partial charge in [-0.1, -0.05) is 156 Å². The molecule has 0 saturated carbocycles. The van der Waals surface area contributed by atoms with Crippen molar-refractivity contribution < 1.29 is 0 Å². The van der Waals surface area contributed by atoms with E-state index in [-0.39, 0.29) is 5.41 Å². The van der Waals surface area contributed by atoms with Gasteiger partial charge in [-0.25, -0.2) is 0 Å². The van der Waals surface area contributed by atoms with Crippen LogP contribution in [0.4, 0.5) is 28.4 Å². The lowest BCUT2D eigenvalue weighted by Gasteiger charge is -2.42. The maximum atomic E-state index is 4.05. The van der Waals surface area contributed by atoms with E-state index < -0.39 is 0 Å². The van der Waals surface area contributed by atoms with Crippen LogP contribution in [0.25, 0.3) is 58.8 Å². The molecule has 1 N–H and O–H groups in total. The summed E-state index contributed by atoms with van der Waals surface area (Å²) in [6.45, 7) is 9.36. The summed E-state index contributed by atoms with van der Waals surface area (Å²) in [5, 5.41) is 9.25. The van der Waals surface area contributed by atoms with Crippen LogP contribution in [0, 0.1) is 0 Å². The standard InChI is InChI=1S/C61H56BN3S/c1-5-7-9-19-39-29-32-41(33-30-39)63-50-36-45-42-21-12-18-28-56(42)66-57(45)38-44(50)46-37-55(64-52-26-16-13-23-47(52)61(3,4)48-24-14-17-27-53(48)64)58-43-22-11-15-25-51(43)65-54-34-31-40(20-10-8-6-2)35-49(54)62-59(46)60(58)65/h11-18,21-38,62-63H,5-10,19-20H2,1-4H3. The molecule has 0 unspecified atom stereocenters. The lowest BCUT2D eigenvalue weighted by atomic mass is 9.58. The van der Waals surface area contributed by atoms with Crippen LogP contribution < -0.4 is 21.1 Å². The van der Waals surface area contributed by atoms with Gasteiger partial charge in [-0.05, 0) is 120 Å². The molecule has 2 aliphatic rings. The number of anilines is 5. The van der Waals surface area contributed by atoms with E-state index in [0.29, 0.717) is 0 Å². The number of benzene rings is 8. The Kier molecular flexibility index (Phi) is 10.2. The maximum absolute atomic E-state index is 4.05. The number of fused-ring (bicyclic) bond motifs is 10. The zero-order valence-electron chi connectivity index (χ0n) is 38.7. The minimum atomic E-state index is -0.173. The van der Waals surface area contributed by atoms with Gasteiger partial charge in [0.05, 0.1) is 28.1 Å². The first-order chi connectivity index (χ1) is 32.4. The molecule has 0 atom stereocenters. The molecule has 5 heteroatoms. The van der Waals surface area contributed by atoms with Gasteiger partial charge in [0.2, 0.25) is 0 Å². The molecule has 66 heavy (non-hydrogen) atoms. The van der Waals surface area contributed by atoms with Gasteiger partial charge in [-0.15, -0.1) is 11.3 Å². The molecular formula is C61H56BN3S. The van der Waals surface area contributed by atoms with Crippen LogP contribution in [0.1, 0.15) is 88.5 Å². The highest BCUT2D eigenvalue weighted by Gasteiger charge is 2.39. The van der Waals surface area contributed by atoms with Crippen molar-refractivity contribution in [2.45, 2.75) is 84.5 Å². The highest BCUT2D eigenvalue weighted by atomic mass is 32.1. The van der Waals surface area contributed by atoms with Crippen molar-refractivity contribution in [3.05, 3.63) is 180 Å². The molecule has 0 aliphatic carbocycles. The summed E-state index contributed by atoms with van der Waals surface area (Å²) in [4.78, 5) is 2.60. The van der Waals surface area contributed by atoms with Crippen molar-refractivity contribution in [1.29, 1.82) is 0 Å². The van der Waals surface area contributed by atoms with Gasteiger partial charge in [-0.2, -0.15) is 0 Å². The van der Waals surface area contributed by atoms with Gasteiger partial charge in [0, 0.05) is 59.0 Å². The Bertz CT molecular complexity index is 3450. The number of thiophene rings is 1. The summed E-state index contributed by atoms with van der Waals surface area (Å²) in [5.74, 6) is 0. The number of nitrogens with one attached hydrogen (secondary N) is 1. The Morgan fingerprint density at radius 3 is 1.94 bits per heavy atom. The summed E-state index contributed by atoms with van der Waals surface area (Å²) < 4.78 is 5.25. The molecule has 324 valence electrons. The van der Waals surface area contributed by atoms with E-state index in [2.05, 4.69) is 200 Å². The smallest absolute Gasteiger partial charge is 0.198 e. The zero-order valence-corrected chi connectivity index (χ0v) is 39.5. The second-order valence-corrected chi connectivity index (χ2v) is 20.4. The molecule has 0 fully saturated rings. The highest BCUT2D eigenvalue weighted by Crippen LogP contribution is 2.55. The monoisotopic (exact) mass is 873 g/mol. The molecule has 0 amide bonds. The Labute approximate surface area is 394 Å². The number of aromatic nitrogens is 1. The number of hydrogen-bond acceptors (Lipinski definition) is 3. The number of unbranched alkanes of at least 4 members (excludes halogenated alkanes) is 4. The quantitative estimate of drug-likeness (QED) is 0.0975. The summed E-state index contributed by atoms with van der Waals surface area (Å²) in [6.07, 6.45) is 9.66. The lowest BCUT2D eigenvalue weighted by molar-refractivity contribution is 0.632. The summed E-state index contributed by atoms with van der Waals surface area (Å²) in [7, 11) is 0.857. The van der Waals surface area contributed by atoms with Crippen molar-refractivity contribution in [3.63, 3.8) is 0 Å². The minimum Gasteiger partial charge on any atom is -0.355 e. The van der Waals surface area contributed by atoms with Crippen molar-refractivity contribution in [3.8, 4) is 16.8 Å². The first-order valence-corrected chi connectivity index (χ1v) is 25.2. The van der Waals surface area contributed by atoms with Gasteiger partial charge in [0.1, 0.15) is 0 Å². The molecule has 0 saturated heterocycles. The fraction of sp³-hybridized carbons (Fsp3) is 0.213. The Hall–Kier alpha value is -6.56. The Morgan fingerprint density at radius 2 is 1.20 bits per heavy atom. The third-order valence-corrected chi connectivity index (χ3v) is 16.0. The van der Waals surface area contributed by atoms with Crippen LogP contribution in [0.15, 0.2) is 158 Å². The van der Waals surface area contributed by atoms with Gasteiger partial charge in [-0.3, -0.25) is 0 Å². The molecule has 3 nitrogen and oxygen atoms in total. The van der Waals surface area contributed by atoms with E-state index in [4.69, 9.17) is 0 Å². The fourth-order valence-electron chi connectivity index (χ4n) is 11.5. The number of hydrogen-bond donors (Lipinski definition) is 1. The molecule has 12 rings (SSSR count). The number of aryl methyl sites for hydroxylation is 2. The molecule has 0 radical (unpaired) electrons. The summed E-state index contributed by atoms with van der Waals surface area (Å²) in [6, 6.07) is 60.4. The minimum absolute atomic E-state index is 0.173. The van der Waals surface area contributed by atoms with Crippen molar-refractivity contribution in [2.24, 2.45) is 0 Å². The van der Waals surface area contributed by atoms with E-state index in [1.807, 2.05) is 11.3 Å². The van der Waals surface area contributed by atoms with Gasteiger partial charge >= 0.3 is 0 Å². The third kappa shape index (κ3) is 6.61. The molecule has 4 heterocycles. The highest BCUT2D eigenvalue weighted by molar-refractivity contribution is 7.25. The van der Waals surface area contributed by atoms with E-state index in [1.54, 1.807) is 0 Å². The molecule has 2 aromatic heterocycles. The van der Waals surface area contributed by atoms with Crippen LogP contribution in [-0.4, -0.2) is 11.8 Å². The summed E-state index contributed by atoms with van der Waals surface area (Å²) >= 11 is 1.90. The second-order valence-electron chi connectivity index (χ2n) is 19.4. The first kappa shape index (κ1) is 40.9. The van der Waals surface area contributed by atoms with Crippen molar-refractivity contribution in [2.75, 3.05) is 10.2 Å². The fourth-order valence-corrected chi connectivity index (χ4v) is 12.6. The number of rotatable bonds is 12. The zero-order chi connectivity index (χ0) is 44.5. The van der Waals surface area contributed by atoms with Crippen LogP contribution in [-0.2, 0) is 18.3 Å². The first-order valence-electron chi connectivity index (χ1n) is 24.4. The van der Waals surface area contributed by atoms with Crippen molar-refractivity contribution in [1.82, 2.24) is 4.57 Å². The average molecular weight is 874 g/mol. The molecule has 10 aromatic rings. The normalized spacial score (nSPS) is 13.5. The Balaban J connectivity index is 1.17. The topological polar surface area (TPSA) is 20.2 Å². The SMILES string of the molecule is CCCCCc1ccc(Nc2cc3c(cc2-c2cc(N4c5ccccc5C(C)(C)c5ccccc54)c4c5ccccc5n5c4c2Bc2cc(CCCCC)ccc2-5)sc2ccccc23)cc1. The predicted molar refractivity (Wildman–Crippen MR) is 289 cm³/mol. The van der Waals surface area contributed by atoms with Crippen LogP contribution >= 0.6 is 11.3 Å². The van der Waals surface area contributed by atoms with Gasteiger partial charge in [0.15, 0.2) is 7.28 Å². The molecule has 8 aromatic carbocycles. The van der Waals surface area contributed by atoms with E-state index >= 15 is 0 Å². The molecule has 0 spiro atoms. The largest absolute Gasteiger partial charge is 0.355 e. The van der Waals surface area contributed by atoms with E-state index in [1.165, 1.54) is 148 Å². The number of para-hydroxylation sites is 3. The Morgan fingerprint density at radius 1 is 0.545 bits per heavy atom. The lowest BCUT2D eigenvalue weighted by Crippen LogP contribution is -2.38. The van der Waals surface area contributed by atoms with Crippen LogP contribution in [0.5, 0.6) is 0 Å². The number of nitrogens with zero attached hydrogens (tertiary/aromatic N) is 2. The maximum Gasteiger partial charge on any atom is 0.198 e. The molecule has 2 aliphatic heterocycles. The average Bonchev–Trinajstić information content (AvgIpc) is 3.89.